The summed E-state index contributed by atoms with van der Waals surface area (Å²) in [6.45, 7) is 0. The second-order valence-electron chi connectivity index (χ2n) is 2.82. The number of aliphatic hydroxyl groups is 1. The predicted molar refractivity (Wildman–Crippen MR) is 49.9 cm³/mol. The Hall–Kier alpha value is -1.37. The average molecular weight is 176 g/mol. The molecule has 0 heterocycles. The number of nitriles is 1. The number of benzene rings is 1. The SMILES string of the molecule is CNC(O)Cc1ccc(C#N)cc1. The molecule has 1 aromatic carbocycles. The van der Waals surface area contributed by atoms with Gasteiger partial charge in [0, 0.05) is 6.42 Å². The Balaban J connectivity index is 2.65. The van der Waals surface area contributed by atoms with Gasteiger partial charge in [-0.2, -0.15) is 5.26 Å². The molecular weight excluding hydrogens is 164 g/mol. The second-order valence-corrected chi connectivity index (χ2v) is 2.82. The highest BCUT2D eigenvalue weighted by molar-refractivity contribution is 5.31. The molecule has 1 unspecified atom stereocenters. The van der Waals surface area contributed by atoms with E-state index in [1.165, 1.54) is 0 Å². The summed E-state index contributed by atoms with van der Waals surface area (Å²) in [5, 5.41) is 20.5. The molecule has 13 heavy (non-hydrogen) atoms. The molecule has 0 saturated carbocycles. The molecule has 3 nitrogen and oxygen atoms in total. The summed E-state index contributed by atoms with van der Waals surface area (Å²) < 4.78 is 0. The number of aliphatic hydroxyl groups excluding tert-OH is 1. The third-order valence-corrected chi connectivity index (χ3v) is 1.85. The van der Waals surface area contributed by atoms with E-state index in [2.05, 4.69) is 5.32 Å². The highest BCUT2D eigenvalue weighted by atomic mass is 16.3. The van der Waals surface area contributed by atoms with Crippen molar-refractivity contribution in [1.29, 1.82) is 5.26 Å². The molecule has 0 spiro atoms. The number of hydrogen-bond donors (Lipinski definition) is 2. The molecule has 0 aliphatic carbocycles. The van der Waals surface area contributed by atoms with Crippen LogP contribution in [0.2, 0.25) is 0 Å². The van der Waals surface area contributed by atoms with Gasteiger partial charge in [-0.25, -0.2) is 0 Å². The standard InChI is InChI=1S/C10H12N2O/c1-12-10(13)6-8-2-4-9(7-11)5-3-8/h2-5,10,12-13H,6H2,1H3. The van der Waals surface area contributed by atoms with Crippen LogP contribution in [-0.4, -0.2) is 18.4 Å². The van der Waals surface area contributed by atoms with Crippen LogP contribution < -0.4 is 5.32 Å². The Morgan fingerprint density at radius 3 is 2.54 bits per heavy atom. The molecule has 0 saturated heterocycles. The third kappa shape index (κ3) is 2.86. The Kier molecular flexibility index (Phi) is 3.44. The van der Waals surface area contributed by atoms with Gasteiger partial charge in [0.05, 0.1) is 11.6 Å². The molecule has 0 bridgehead atoms. The monoisotopic (exact) mass is 176 g/mol. The highest BCUT2D eigenvalue weighted by Crippen LogP contribution is 2.04. The van der Waals surface area contributed by atoms with Gasteiger partial charge >= 0.3 is 0 Å². The molecule has 1 rings (SSSR count). The van der Waals surface area contributed by atoms with E-state index in [-0.39, 0.29) is 0 Å². The van der Waals surface area contributed by atoms with Crippen molar-refractivity contribution in [1.82, 2.24) is 5.32 Å². The van der Waals surface area contributed by atoms with Crippen molar-refractivity contribution < 1.29 is 5.11 Å². The minimum Gasteiger partial charge on any atom is -0.378 e. The number of nitrogens with one attached hydrogen (secondary N) is 1. The average Bonchev–Trinajstić information content (AvgIpc) is 2.19. The summed E-state index contributed by atoms with van der Waals surface area (Å²) in [5.41, 5.74) is 1.66. The van der Waals surface area contributed by atoms with Crippen LogP contribution >= 0.6 is 0 Å². The van der Waals surface area contributed by atoms with Gasteiger partial charge in [0.2, 0.25) is 0 Å². The van der Waals surface area contributed by atoms with Gasteiger partial charge in [0.15, 0.2) is 0 Å². The minimum absolute atomic E-state index is 0.520. The zero-order chi connectivity index (χ0) is 9.68. The summed E-state index contributed by atoms with van der Waals surface area (Å²) in [5.74, 6) is 0. The molecule has 2 N–H and O–H groups in total. The quantitative estimate of drug-likeness (QED) is 0.664. The van der Waals surface area contributed by atoms with Crippen molar-refractivity contribution in [3.63, 3.8) is 0 Å². The van der Waals surface area contributed by atoms with Gasteiger partial charge < -0.3 is 5.11 Å². The van der Waals surface area contributed by atoms with Crippen LogP contribution in [0.4, 0.5) is 0 Å². The fourth-order valence-electron chi connectivity index (χ4n) is 1.04. The molecule has 0 aliphatic heterocycles. The van der Waals surface area contributed by atoms with Gasteiger partial charge in [-0.05, 0) is 24.7 Å². The summed E-state index contributed by atoms with van der Waals surface area (Å²) in [6, 6.07) is 9.23. The Morgan fingerprint density at radius 2 is 2.08 bits per heavy atom. The molecule has 1 atom stereocenters. The first-order chi connectivity index (χ1) is 6.26. The van der Waals surface area contributed by atoms with Crippen LogP contribution in [0, 0.1) is 11.3 Å². The lowest BCUT2D eigenvalue weighted by atomic mass is 10.1. The van der Waals surface area contributed by atoms with Crippen molar-refractivity contribution in [2.24, 2.45) is 0 Å². The van der Waals surface area contributed by atoms with E-state index in [9.17, 15) is 5.11 Å². The maximum Gasteiger partial charge on any atom is 0.108 e. The molecule has 0 fully saturated rings. The Bertz CT molecular complexity index is 300. The van der Waals surface area contributed by atoms with E-state index in [1.807, 2.05) is 18.2 Å². The zero-order valence-corrected chi connectivity index (χ0v) is 7.49. The maximum atomic E-state index is 9.26. The highest BCUT2D eigenvalue weighted by Gasteiger charge is 2.01. The fraction of sp³-hybridized carbons (Fsp3) is 0.300. The molecule has 0 aliphatic rings. The Morgan fingerprint density at radius 1 is 1.46 bits per heavy atom. The molecule has 1 aromatic rings. The normalized spacial score (nSPS) is 12.1. The van der Waals surface area contributed by atoms with Crippen molar-refractivity contribution in [2.75, 3.05) is 7.05 Å². The van der Waals surface area contributed by atoms with E-state index in [0.717, 1.165) is 5.56 Å². The zero-order valence-electron chi connectivity index (χ0n) is 7.49. The molecule has 68 valence electrons. The van der Waals surface area contributed by atoms with E-state index < -0.39 is 6.23 Å². The van der Waals surface area contributed by atoms with Gasteiger partial charge in [-0.3, -0.25) is 5.32 Å². The second kappa shape index (κ2) is 4.61. The fourth-order valence-corrected chi connectivity index (χ4v) is 1.04. The van der Waals surface area contributed by atoms with Gasteiger partial charge in [-0.15, -0.1) is 0 Å². The largest absolute Gasteiger partial charge is 0.378 e. The molecule has 0 amide bonds. The maximum absolute atomic E-state index is 9.26. The smallest absolute Gasteiger partial charge is 0.108 e. The van der Waals surface area contributed by atoms with E-state index in [4.69, 9.17) is 5.26 Å². The third-order valence-electron chi connectivity index (χ3n) is 1.85. The van der Waals surface area contributed by atoms with E-state index in [1.54, 1.807) is 19.2 Å². The Labute approximate surface area is 77.6 Å². The van der Waals surface area contributed by atoms with Crippen molar-refractivity contribution in [3.05, 3.63) is 35.4 Å². The lowest BCUT2D eigenvalue weighted by Gasteiger charge is -2.08. The topological polar surface area (TPSA) is 56.0 Å². The van der Waals surface area contributed by atoms with Crippen LogP contribution in [0.3, 0.4) is 0 Å². The van der Waals surface area contributed by atoms with Gasteiger partial charge in [0.1, 0.15) is 6.23 Å². The molecular formula is C10H12N2O. The van der Waals surface area contributed by atoms with Crippen LogP contribution in [0.1, 0.15) is 11.1 Å². The first kappa shape index (κ1) is 9.72. The summed E-state index contributed by atoms with van der Waals surface area (Å²) in [7, 11) is 1.70. The first-order valence-electron chi connectivity index (χ1n) is 4.10. The van der Waals surface area contributed by atoms with Crippen molar-refractivity contribution in [2.45, 2.75) is 12.6 Å². The van der Waals surface area contributed by atoms with Crippen LogP contribution in [-0.2, 0) is 6.42 Å². The lowest BCUT2D eigenvalue weighted by Crippen LogP contribution is -2.26. The van der Waals surface area contributed by atoms with Crippen molar-refractivity contribution >= 4 is 0 Å². The van der Waals surface area contributed by atoms with Crippen molar-refractivity contribution in [3.8, 4) is 6.07 Å². The minimum atomic E-state index is -0.520. The predicted octanol–water partition coefficient (Wildman–Crippen LogP) is 0.639. The molecule has 3 heteroatoms. The number of nitrogens with zero attached hydrogens (tertiary/aromatic N) is 1. The van der Waals surface area contributed by atoms with Gasteiger partial charge in [0.25, 0.3) is 0 Å². The van der Waals surface area contributed by atoms with Crippen LogP contribution in [0.5, 0.6) is 0 Å². The summed E-state index contributed by atoms with van der Waals surface area (Å²) in [6.07, 6.45) is 0.0373. The summed E-state index contributed by atoms with van der Waals surface area (Å²) >= 11 is 0. The van der Waals surface area contributed by atoms with Crippen LogP contribution in [0.15, 0.2) is 24.3 Å². The summed E-state index contributed by atoms with van der Waals surface area (Å²) in [4.78, 5) is 0. The van der Waals surface area contributed by atoms with E-state index >= 15 is 0 Å². The number of likely N-dealkylation sites (N-methyl/N-ethyl adjacent to an activating group) is 1. The van der Waals surface area contributed by atoms with E-state index in [0.29, 0.717) is 12.0 Å². The van der Waals surface area contributed by atoms with Gasteiger partial charge in [-0.1, -0.05) is 12.1 Å². The number of rotatable bonds is 3. The number of hydrogen-bond acceptors (Lipinski definition) is 3. The molecule has 0 aromatic heterocycles. The van der Waals surface area contributed by atoms with Crippen LogP contribution in [0.25, 0.3) is 0 Å². The first-order valence-corrected chi connectivity index (χ1v) is 4.10. The lowest BCUT2D eigenvalue weighted by molar-refractivity contribution is 0.147. The molecule has 0 radical (unpaired) electrons.